The van der Waals surface area contributed by atoms with Gasteiger partial charge in [-0.05, 0) is 31.2 Å². The van der Waals surface area contributed by atoms with Crippen molar-refractivity contribution in [1.82, 2.24) is 4.90 Å². The zero-order valence-corrected chi connectivity index (χ0v) is 11.5. The number of methoxy groups -OCH3 is 1. The minimum atomic E-state index is -4.25. The lowest BCUT2D eigenvalue weighted by Gasteiger charge is -2.24. The maximum absolute atomic E-state index is 12.5. The Balaban J connectivity index is 2.93. The summed E-state index contributed by atoms with van der Waals surface area (Å²) in [5, 5.41) is 0. The van der Waals surface area contributed by atoms with E-state index in [9.17, 15) is 18.0 Å². The van der Waals surface area contributed by atoms with E-state index in [4.69, 9.17) is 4.74 Å². The number of halogens is 3. The first-order valence-electron chi connectivity index (χ1n) is 6.30. The van der Waals surface area contributed by atoms with Crippen LogP contribution in [0.5, 0.6) is 5.75 Å². The average molecular weight is 289 g/mol. The van der Waals surface area contributed by atoms with Crippen molar-refractivity contribution >= 4 is 6.29 Å². The Labute approximate surface area is 116 Å². The summed E-state index contributed by atoms with van der Waals surface area (Å²) in [4.78, 5) is 12.1. The van der Waals surface area contributed by atoms with Gasteiger partial charge in [-0.2, -0.15) is 13.2 Å². The van der Waals surface area contributed by atoms with Gasteiger partial charge in [-0.1, -0.05) is 6.92 Å². The molecule has 112 valence electrons. The van der Waals surface area contributed by atoms with Crippen LogP contribution >= 0.6 is 0 Å². The summed E-state index contributed by atoms with van der Waals surface area (Å²) in [6.07, 6.45) is -2.96. The zero-order chi connectivity index (χ0) is 15.2. The highest BCUT2D eigenvalue weighted by Crippen LogP contribution is 2.24. The second kappa shape index (κ2) is 7.28. The Bertz CT molecular complexity index is 447. The zero-order valence-electron chi connectivity index (χ0n) is 11.5. The standard InChI is InChI=1S/C14H18F3NO2/c1-3-6-18(10-14(15,16)17)8-12-7-11(9-19)4-5-13(12)20-2/h4-5,7,9H,3,6,8,10H2,1-2H3. The topological polar surface area (TPSA) is 29.5 Å². The van der Waals surface area contributed by atoms with Crippen LogP contribution in [0.3, 0.4) is 0 Å². The van der Waals surface area contributed by atoms with Gasteiger partial charge in [0, 0.05) is 17.7 Å². The molecule has 0 aromatic heterocycles. The molecule has 0 aliphatic rings. The number of hydrogen-bond acceptors (Lipinski definition) is 3. The van der Waals surface area contributed by atoms with Gasteiger partial charge in [0.05, 0.1) is 13.7 Å². The third-order valence-electron chi connectivity index (χ3n) is 2.78. The van der Waals surface area contributed by atoms with Crippen LogP contribution in [0.25, 0.3) is 0 Å². The molecule has 0 unspecified atom stereocenters. The monoisotopic (exact) mass is 289 g/mol. The minimum absolute atomic E-state index is 0.0954. The van der Waals surface area contributed by atoms with Crippen molar-refractivity contribution < 1.29 is 22.7 Å². The summed E-state index contributed by atoms with van der Waals surface area (Å²) < 4.78 is 42.7. The highest BCUT2D eigenvalue weighted by atomic mass is 19.4. The molecule has 1 aromatic rings. The summed E-state index contributed by atoms with van der Waals surface area (Å²) in [7, 11) is 1.45. The van der Waals surface area contributed by atoms with Crippen LogP contribution < -0.4 is 4.74 Å². The lowest BCUT2D eigenvalue weighted by molar-refractivity contribution is -0.147. The van der Waals surface area contributed by atoms with Gasteiger partial charge in [-0.25, -0.2) is 0 Å². The molecule has 0 spiro atoms. The Kier molecular flexibility index (Phi) is 6.01. The molecule has 0 bridgehead atoms. The number of benzene rings is 1. The van der Waals surface area contributed by atoms with Crippen molar-refractivity contribution in [3.63, 3.8) is 0 Å². The molecule has 3 nitrogen and oxygen atoms in total. The van der Waals surface area contributed by atoms with Crippen LogP contribution in [0.2, 0.25) is 0 Å². The Morgan fingerprint density at radius 2 is 2.05 bits per heavy atom. The van der Waals surface area contributed by atoms with Gasteiger partial charge in [0.1, 0.15) is 12.0 Å². The van der Waals surface area contributed by atoms with Crippen molar-refractivity contribution in [3.05, 3.63) is 29.3 Å². The molecule has 20 heavy (non-hydrogen) atoms. The number of carbonyl (C=O) groups is 1. The molecule has 0 aliphatic carbocycles. The number of rotatable bonds is 7. The van der Waals surface area contributed by atoms with Crippen LogP contribution in [0.1, 0.15) is 29.3 Å². The Morgan fingerprint density at radius 1 is 1.35 bits per heavy atom. The molecular weight excluding hydrogens is 271 g/mol. The van der Waals surface area contributed by atoms with Crippen LogP contribution in [0.4, 0.5) is 13.2 Å². The van der Waals surface area contributed by atoms with E-state index in [-0.39, 0.29) is 6.54 Å². The van der Waals surface area contributed by atoms with E-state index in [1.807, 2.05) is 6.92 Å². The van der Waals surface area contributed by atoms with E-state index < -0.39 is 12.7 Å². The van der Waals surface area contributed by atoms with E-state index in [0.29, 0.717) is 36.1 Å². The van der Waals surface area contributed by atoms with Gasteiger partial charge in [0.25, 0.3) is 0 Å². The van der Waals surface area contributed by atoms with Crippen molar-refractivity contribution in [2.75, 3.05) is 20.2 Å². The van der Waals surface area contributed by atoms with E-state index >= 15 is 0 Å². The lowest BCUT2D eigenvalue weighted by Crippen LogP contribution is -2.34. The first kappa shape index (κ1) is 16.5. The van der Waals surface area contributed by atoms with Gasteiger partial charge in [-0.3, -0.25) is 9.69 Å². The molecular formula is C14H18F3NO2. The molecule has 1 aromatic carbocycles. The summed E-state index contributed by atoms with van der Waals surface area (Å²) in [5.41, 5.74) is 0.999. The first-order valence-corrected chi connectivity index (χ1v) is 6.30. The predicted octanol–water partition coefficient (Wildman–Crippen LogP) is 3.28. The molecule has 0 N–H and O–H groups in total. The normalized spacial score (nSPS) is 11.7. The van der Waals surface area contributed by atoms with Crippen LogP contribution in [-0.2, 0) is 6.54 Å². The smallest absolute Gasteiger partial charge is 0.401 e. The third-order valence-corrected chi connectivity index (χ3v) is 2.78. The minimum Gasteiger partial charge on any atom is -0.496 e. The second-order valence-electron chi connectivity index (χ2n) is 4.51. The summed E-state index contributed by atoms with van der Waals surface area (Å²) >= 11 is 0. The number of ether oxygens (including phenoxy) is 1. The van der Waals surface area contributed by atoms with E-state index in [2.05, 4.69) is 0 Å². The molecule has 0 heterocycles. The Morgan fingerprint density at radius 3 is 2.55 bits per heavy atom. The average Bonchev–Trinajstić information content (AvgIpc) is 2.37. The SMILES string of the molecule is CCCN(Cc1cc(C=O)ccc1OC)CC(F)(F)F. The quantitative estimate of drug-likeness (QED) is 0.721. The molecule has 1 rings (SSSR count). The summed E-state index contributed by atoms with van der Waals surface area (Å²) in [6, 6.07) is 4.73. The number of carbonyl (C=O) groups excluding carboxylic acids is 1. The van der Waals surface area contributed by atoms with Crippen molar-refractivity contribution in [3.8, 4) is 5.75 Å². The highest BCUT2D eigenvalue weighted by molar-refractivity contribution is 5.75. The van der Waals surface area contributed by atoms with Gasteiger partial charge in [0.2, 0.25) is 0 Å². The van der Waals surface area contributed by atoms with E-state index in [1.54, 1.807) is 18.2 Å². The summed E-state index contributed by atoms with van der Waals surface area (Å²) in [6.45, 7) is 1.27. The summed E-state index contributed by atoms with van der Waals surface area (Å²) in [5.74, 6) is 0.485. The maximum Gasteiger partial charge on any atom is 0.401 e. The van der Waals surface area contributed by atoms with Gasteiger partial charge in [0.15, 0.2) is 0 Å². The van der Waals surface area contributed by atoms with E-state index in [0.717, 1.165) is 0 Å². The van der Waals surface area contributed by atoms with Gasteiger partial charge < -0.3 is 4.74 Å². The molecule has 0 aliphatic heterocycles. The molecule has 0 radical (unpaired) electrons. The van der Waals surface area contributed by atoms with Gasteiger partial charge in [-0.15, -0.1) is 0 Å². The fraction of sp³-hybridized carbons (Fsp3) is 0.500. The molecule has 0 amide bonds. The molecule has 0 saturated heterocycles. The lowest BCUT2D eigenvalue weighted by atomic mass is 10.1. The van der Waals surface area contributed by atoms with Crippen LogP contribution in [-0.4, -0.2) is 37.6 Å². The first-order chi connectivity index (χ1) is 9.39. The van der Waals surface area contributed by atoms with Crippen LogP contribution in [0, 0.1) is 0 Å². The molecule has 0 saturated carbocycles. The molecule has 0 atom stereocenters. The number of nitrogens with zero attached hydrogens (tertiary/aromatic N) is 1. The third kappa shape index (κ3) is 5.21. The number of hydrogen-bond donors (Lipinski definition) is 0. The molecule has 6 heteroatoms. The fourth-order valence-corrected chi connectivity index (χ4v) is 2.02. The maximum atomic E-state index is 12.5. The van der Waals surface area contributed by atoms with Crippen molar-refractivity contribution in [1.29, 1.82) is 0 Å². The molecule has 0 fully saturated rings. The van der Waals surface area contributed by atoms with Crippen molar-refractivity contribution in [2.45, 2.75) is 26.1 Å². The Hall–Kier alpha value is -1.56. The fourth-order valence-electron chi connectivity index (χ4n) is 2.02. The second-order valence-corrected chi connectivity index (χ2v) is 4.51. The highest BCUT2D eigenvalue weighted by Gasteiger charge is 2.30. The predicted molar refractivity (Wildman–Crippen MR) is 70.0 cm³/mol. The van der Waals surface area contributed by atoms with E-state index in [1.165, 1.54) is 12.0 Å². The van der Waals surface area contributed by atoms with Crippen molar-refractivity contribution in [2.24, 2.45) is 0 Å². The van der Waals surface area contributed by atoms with Gasteiger partial charge >= 0.3 is 6.18 Å². The number of alkyl halides is 3. The number of aldehydes is 1. The largest absolute Gasteiger partial charge is 0.496 e. The van der Waals surface area contributed by atoms with Crippen LogP contribution in [0.15, 0.2) is 18.2 Å².